The number of fused-ring (bicyclic) bond motifs is 1. The molecule has 1 fully saturated rings. The van der Waals surface area contributed by atoms with E-state index in [4.69, 9.17) is 9.47 Å². The van der Waals surface area contributed by atoms with Crippen molar-refractivity contribution in [3.05, 3.63) is 12.2 Å². The summed E-state index contributed by atoms with van der Waals surface area (Å²) in [6.45, 7) is 8.46. The first kappa shape index (κ1) is 14.7. The highest BCUT2D eigenvalue weighted by atomic mass is 16.6. The van der Waals surface area contributed by atoms with Crippen molar-refractivity contribution in [2.24, 2.45) is 11.3 Å². The van der Waals surface area contributed by atoms with E-state index in [0.717, 1.165) is 19.3 Å². The zero-order valence-electron chi connectivity index (χ0n) is 12.7. The van der Waals surface area contributed by atoms with E-state index in [0.29, 0.717) is 6.10 Å². The second kappa shape index (κ2) is 5.02. The fourth-order valence-electron chi connectivity index (χ4n) is 2.96. The van der Waals surface area contributed by atoms with Gasteiger partial charge in [-0.05, 0) is 37.7 Å². The van der Waals surface area contributed by atoms with E-state index >= 15 is 0 Å². The highest BCUT2D eigenvalue weighted by molar-refractivity contribution is 5.92. The number of ether oxygens (including phenoxy) is 2. The summed E-state index contributed by atoms with van der Waals surface area (Å²) in [6.07, 6.45) is 6.88. The highest BCUT2D eigenvalue weighted by Crippen LogP contribution is 2.47. The topological polar surface area (TPSA) is 38.8 Å². The molecule has 2 aliphatic rings. The molecule has 1 aliphatic carbocycles. The zero-order valence-corrected chi connectivity index (χ0v) is 12.7. The normalized spacial score (nSPS) is 44.1. The van der Waals surface area contributed by atoms with Crippen molar-refractivity contribution in [1.82, 2.24) is 0 Å². The number of hydrogen-bond donors (Lipinski definition) is 0. The lowest BCUT2D eigenvalue weighted by atomic mass is 9.84. The lowest BCUT2D eigenvalue weighted by molar-refractivity contribution is -0.122. The second-order valence-electron chi connectivity index (χ2n) is 6.95. The Morgan fingerprint density at radius 3 is 2.68 bits per heavy atom. The van der Waals surface area contributed by atoms with Gasteiger partial charge >= 0.3 is 0 Å². The predicted molar refractivity (Wildman–Crippen MR) is 75.0 cm³/mol. The van der Waals surface area contributed by atoms with Crippen molar-refractivity contribution < 1.29 is 14.3 Å². The number of rotatable bonds is 1. The molecule has 1 heterocycles. The van der Waals surface area contributed by atoms with Crippen LogP contribution in [0.5, 0.6) is 0 Å². The summed E-state index contributed by atoms with van der Waals surface area (Å²) >= 11 is 0. The molecular weight excluding hydrogens is 240 g/mol. The first-order chi connectivity index (χ1) is 8.77. The van der Waals surface area contributed by atoms with Crippen LogP contribution in [0.3, 0.4) is 0 Å². The van der Waals surface area contributed by atoms with E-state index < -0.39 is 0 Å². The van der Waals surface area contributed by atoms with E-state index in [2.05, 4.69) is 20.8 Å². The van der Waals surface area contributed by atoms with Gasteiger partial charge in [0, 0.05) is 13.0 Å². The van der Waals surface area contributed by atoms with Gasteiger partial charge in [-0.15, -0.1) is 0 Å². The molecule has 0 amide bonds. The van der Waals surface area contributed by atoms with Crippen LogP contribution in [0.25, 0.3) is 0 Å². The SMILES string of the molecule is CO[C@H]1CC[C@]2(C)O[C@H]2CC(C)(C)/C=C/C(=O)[C@H]1C. The van der Waals surface area contributed by atoms with Crippen LogP contribution >= 0.6 is 0 Å². The van der Waals surface area contributed by atoms with Gasteiger partial charge in [0.05, 0.1) is 17.8 Å². The Bertz CT molecular complexity index is 385. The van der Waals surface area contributed by atoms with Gasteiger partial charge in [-0.1, -0.05) is 26.8 Å². The molecule has 1 saturated heterocycles. The molecule has 4 atom stereocenters. The molecule has 108 valence electrons. The lowest BCUT2D eigenvalue weighted by Crippen LogP contribution is -2.28. The van der Waals surface area contributed by atoms with Crippen molar-refractivity contribution in [3.63, 3.8) is 0 Å². The molecule has 0 N–H and O–H groups in total. The molecule has 0 spiro atoms. The summed E-state index contributed by atoms with van der Waals surface area (Å²) < 4.78 is 11.4. The van der Waals surface area contributed by atoms with Crippen LogP contribution in [0, 0.1) is 11.3 Å². The molecule has 0 aromatic rings. The number of ketones is 1. The van der Waals surface area contributed by atoms with Crippen LogP contribution in [0.2, 0.25) is 0 Å². The van der Waals surface area contributed by atoms with Gasteiger partial charge in [0.25, 0.3) is 0 Å². The number of epoxide rings is 1. The second-order valence-corrected chi connectivity index (χ2v) is 6.95. The van der Waals surface area contributed by atoms with Gasteiger partial charge < -0.3 is 9.47 Å². The van der Waals surface area contributed by atoms with E-state index in [-0.39, 0.29) is 28.8 Å². The average molecular weight is 266 g/mol. The van der Waals surface area contributed by atoms with Gasteiger partial charge in [0.1, 0.15) is 0 Å². The first-order valence-corrected chi connectivity index (χ1v) is 7.21. The summed E-state index contributed by atoms with van der Waals surface area (Å²) in [4.78, 5) is 12.2. The third-order valence-corrected chi connectivity index (χ3v) is 4.68. The molecule has 0 aromatic carbocycles. The minimum Gasteiger partial charge on any atom is -0.381 e. The Morgan fingerprint density at radius 1 is 1.37 bits per heavy atom. The minimum atomic E-state index is -0.0871. The molecule has 1 aliphatic heterocycles. The third-order valence-electron chi connectivity index (χ3n) is 4.68. The largest absolute Gasteiger partial charge is 0.381 e. The summed E-state index contributed by atoms with van der Waals surface area (Å²) in [5.74, 6) is 0.0810. The van der Waals surface area contributed by atoms with E-state index in [1.54, 1.807) is 13.2 Å². The number of hydrogen-bond acceptors (Lipinski definition) is 3. The summed E-state index contributed by atoms with van der Waals surface area (Å²) in [5, 5.41) is 0. The first-order valence-electron chi connectivity index (χ1n) is 7.21. The molecular formula is C16H26O3. The van der Waals surface area contributed by atoms with Crippen LogP contribution in [0.4, 0.5) is 0 Å². The third kappa shape index (κ3) is 3.26. The molecule has 0 saturated carbocycles. The van der Waals surface area contributed by atoms with Gasteiger partial charge in [0.15, 0.2) is 5.78 Å². The maximum atomic E-state index is 12.2. The molecule has 3 nitrogen and oxygen atoms in total. The Labute approximate surface area is 116 Å². The summed E-state index contributed by atoms with van der Waals surface area (Å²) in [6, 6.07) is 0. The number of allylic oxidation sites excluding steroid dienone is 2. The minimum absolute atomic E-state index is 0.00468. The van der Waals surface area contributed by atoms with Gasteiger partial charge in [-0.2, -0.15) is 0 Å². The molecule has 19 heavy (non-hydrogen) atoms. The van der Waals surface area contributed by atoms with Crippen LogP contribution in [-0.2, 0) is 14.3 Å². The van der Waals surface area contributed by atoms with Gasteiger partial charge in [-0.3, -0.25) is 4.79 Å². The van der Waals surface area contributed by atoms with Gasteiger partial charge in [0.2, 0.25) is 0 Å². The number of carbonyl (C=O) groups excluding carboxylic acids is 1. The number of methoxy groups -OCH3 is 1. The molecule has 3 heteroatoms. The Kier molecular flexibility index (Phi) is 3.90. The fraction of sp³-hybridized carbons (Fsp3) is 0.812. The van der Waals surface area contributed by atoms with E-state index in [1.807, 2.05) is 13.0 Å². The number of carbonyl (C=O) groups is 1. The van der Waals surface area contributed by atoms with Crippen LogP contribution in [0.1, 0.15) is 47.0 Å². The van der Waals surface area contributed by atoms with E-state index in [9.17, 15) is 4.79 Å². The fourth-order valence-corrected chi connectivity index (χ4v) is 2.96. The smallest absolute Gasteiger partial charge is 0.160 e. The van der Waals surface area contributed by atoms with Crippen LogP contribution in [0.15, 0.2) is 12.2 Å². The average Bonchev–Trinajstić information content (AvgIpc) is 2.95. The van der Waals surface area contributed by atoms with Crippen LogP contribution in [-0.4, -0.2) is 30.7 Å². The van der Waals surface area contributed by atoms with Crippen molar-refractivity contribution in [3.8, 4) is 0 Å². The highest BCUT2D eigenvalue weighted by Gasteiger charge is 2.53. The van der Waals surface area contributed by atoms with Crippen molar-refractivity contribution in [1.29, 1.82) is 0 Å². The standard InChI is InChI=1S/C16H26O3/c1-11-12(17)6-8-15(2,3)10-14-16(4,19-14)9-7-13(11)18-5/h6,8,11,13-14H,7,9-10H2,1-5H3/b8-6+/t11-,13+,14+,16+/m1/s1. The lowest BCUT2D eigenvalue weighted by Gasteiger charge is -2.21. The Morgan fingerprint density at radius 2 is 2.05 bits per heavy atom. The molecule has 0 unspecified atom stereocenters. The van der Waals surface area contributed by atoms with Gasteiger partial charge in [-0.25, -0.2) is 0 Å². The van der Waals surface area contributed by atoms with Crippen molar-refractivity contribution >= 4 is 5.78 Å². The molecule has 0 radical (unpaired) electrons. The van der Waals surface area contributed by atoms with E-state index in [1.165, 1.54) is 0 Å². The predicted octanol–water partition coefficient (Wildman–Crippen LogP) is 3.13. The summed E-state index contributed by atoms with van der Waals surface area (Å²) in [7, 11) is 1.69. The zero-order chi connectivity index (χ0) is 14.3. The maximum absolute atomic E-state index is 12.2. The Hall–Kier alpha value is -0.670. The molecule has 0 bridgehead atoms. The van der Waals surface area contributed by atoms with Crippen molar-refractivity contribution in [2.45, 2.75) is 64.8 Å². The molecule has 0 aromatic heterocycles. The monoisotopic (exact) mass is 266 g/mol. The molecule has 2 rings (SSSR count). The summed E-state index contributed by atoms with van der Waals surface area (Å²) in [5.41, 5.74) is -0.0142. The quantitative estimate of drug-likeness (QED) is 0.684. The Balaban J connectivity index is 2.20. The van der Waals surface area contributed by atoms with Crippen LogP contribution < -0.4 is 0 Å². The maximum Gasteiger partial charge on any atom is 0.160 e. The van der Waals surface area contributed by atoms with Crippen molar-refractivity contribution in [2.75, 3.05) is 7.11 Å².